The van der Waals surface area contributed by atoms with Gasteiger partial charge in [-0.05, 0) is 6.07 Å². The number of esters is 1. The van der Waals surface area contributed by atoms with Crippen LogP contribution in [0.4, 0.5) is 5.69 Å². The van der Waals surface area contributed by atoms with Crippen LogP contribution in [0.3, 0.4) is 0 Å². The molecule has 1 aromatic rings. The van der Waals surface area contributed by atoms with Gasteiger partial charge in [0, 0.05) is 6.07 Å². The van der Waals surface area contributed by atoms with Crippen LogP contribution in [0.1, 0.15) is 0 Å². The summed E-state index contributed by atoms with van der Waals surface area (Å²) in [5.41, 5.74) is -0.0956. The van der Waals surface area contributed by atoms with Crippen molar-refractivity contribution in [2.24, 2.45) is 0 Å². The highest BCUT2D eigenvalue weighted by Gasteiger charge is 2.20. The Hall–Kier alpha value is -2.11. The van der Waals surface area contributed by atoms with Crippen molar-refractivity contribution in [2.75, 3.05) is 6.61 Å². The molecule has 0 spiro atoms. The zero-order chi connectivity index (χ0) is 10.1. The molecule has 0 atom stereocenters. The Bertz CT molecular complexity index is 414. The number of ether oxygens (including phenoxy) is 2. The minimum absolute atomic E-state index is 0.0956. The predicted octanol–water partition coefficient (Wildman–Crippen LogP) is 0.893. The molecule has 2 rings (SSSR count). The number of nitro benzene ring substituents is 1. The maximum atomic E-state index is 10.8. The van der Waals surface area contributed by atoms with Crippen molar-refractivity contribution in [3.63, 3.8) is 0 Å². The van der Waals surface area contributed by atoms with Crippen molar-refractivity contribution in [3.8, 4) is 11.5 Å². The number of fused-ring (bicyclic) bond motifs is 1. The summed E-state index contributed by atoms with van der Waals surface area (Å²) in [5, 5.41) is 10.4. The van der Waals surface area contributed by atoms with E-state index in [4.69, 9.17) is 9.47 Å². The number of hydrogen-bond acceptors (Lipinski definition) is 5. The lowest BCUT2D eigenvalue weighted by atomic mass is 10.2. The number of carbonyl (C=O) groups is 1. The highest BCUT2D eigenvalue weighted by Crippen LogP contribution is 2.33. The molecule has 0 saturated heterocycles. The molecular formula is C8H5NO5. The lowest BCUT2D eigenvalue weighted by Gasteiger charge is -2.15. The lowest BCUT2D eigenvalue weighted by molar-refractivity contribution is -0.385. The van der Waals surface area contributed by atoms with Crippen molar-refractivity contribution in [1.29, 1.82) is 0 Å². The molecule has 0 amide bonds. The standard InChI is InChI=1S/C8H5NO5/c10-8-4-13-7-3-5(9(11)12)1-2-6(7)14-8/h1-3H,4H2. The lowest BCUT2D eigenvalue weighted by Crippen LogP contribution is -2.22. The Labute approximate surface area is 78.2 Å². The van der Waals surface area contributed by atoms with Crippen molar-refractivity contribution in [3.05, 3.63) is 28.3 Å². The molecule has 0 bridgehead atoms. The third-order valence-corrected chi connectivity index (χ3v) is 1.71. The van der Waals surface area contributed by atoms with Crippen LogP contribution in [-0.4, -0.2) is 17.5 Å². The Balaban J connectivity index is 2.41. The summed E-state index contributed by atoms with van der Waals surface area (Å²) < 4.78 is 9.73. The van der Waals surface area contributed by atoms with Gasteiger partial charge in [-0.1, -0.05) is 0 Å². The number of non-ortho nitro benzene ring substituents is 1. The Morgan fingerprint density at radius 2 is 2.14 bits per heavy atom. The van der Waals surface area contributed by atoms with Gasteiger partial charge in [-0.3, -0.25) is 10.1 Å². The summed E-state index contributed by atoms with van der Waals surface area (Å²) >= 11 is 0. The monoisotopic (exact) mass is 195 g/mol. The second-order valence-corrected chi connectivity index (χ2v) is 2.65. The molecule has 0 fully saturated rings. The normalized spacial score (nSPS) is 13.9. The van der Waals surface area contributed by atoms with Crippen LogP contribution in [0.5, 0.6) is 11.5 Å². The minimum atomic E-state index is -0.542. The van der Waals surface area contributed by atoms with Gasteiger partial charge in [0.2, 0.25) is 0 Å². The van der Waals surface area contributed by atoms with Crippen molar-refractivity contribution in [2.45, 2.75) is 0 Å². The first-order valence-electron chi connectivity index (χ1n) is 3.79. The largest absolute Gasteiger partial charge is 0.478 e. The molecule has 0 aliphatic carbocycles. The van der Waals surface area contributed by atoms with Crippen LogP contribution < -0.4 is 9.47 Å². The third-order valence-electron chi connectivity index (χ3n) is 1.71. The average Bonchev–Trinajstić information content (AvgIpc) is 2.16. The molecule has 0 N–H and O–H groups in total. The molecular weight excluding hydrogens is 190 g/mol. The van der Waals surface area contributed by atoms with Gasteiger partial charge in [0.05, 0.1) is 11.0 Å². The van der Waals surface area contributed by atoms with E-state index in [-0.39, 0.29) is 23.8 Å². The molecule has 6 nitrogen and oxygen atoms in total. The fourth-order valence-corrected chi connectivity index (χ4v) is 1.10. The second kappa shape index (κ2) is 2.99. The zero-order valence-electron chi connectivity index (χ0n) is 6.93. The van der Waals surface area contributed by atoms with Crippen molar-refractivity contribution >= 4 is 11.7 Å². The van der Waals surface area contributed by atoms with E-state index in [1.807, 2.05) is 0 Å². The maximum Gasteiger partial charge on any atom is 0.349 e. The third kappa shape index (κ3) is 1.37. The first-order chi connectivity index (χ1) is 6.66. The van der Waals surface area contributed by atoms with E-state index in [1.54, 1.807) is 0 Å². The van der Waals surface area contributed by atoms with E-state index in [1.165, 1.54) is 18.2 Å². The van der Waals surface area contributed by atoms with Gasteiger partial charge in [0.15, 0.2) is 18.1 Å². The molecule has 0 aromatic heterocycles. The van der Waals surface area contributed by atoms with E-state index in [0.717, 1.165) is 0 Å². The van der Waals surface area contributed by atoms with Gasteiger partial charge < -0.3 is 9.47 Å². The first kappa shape index (κ1) is 8.49. The van der Waals surface area contributed by atoms with Gasteiger partial charge >= 0.3 is 5.97 Å². The summed E-state index contributed by atoms with van der Waals surface area (Å²) in [4.78, 5) is 20.6. The van der Waals surface area contributed by atoms with Gasteiger partial charge in [0.25, 0.3) is 5.69 Å². The Morgan fingerprint density at radius 1 is 1.36 bits per heavy atom. The highest BCUT2D eigenvalue weighted by molar-refractivity contribution is 5.77. The highest BCUT2D eigenvalue weighted by atomic mass is 16.6. The minimum Gasteiger partial charge on any atom is -0.478 e. The summed E-state index contributed by atoms with van der Waals surface area (Å²) in [6.07, 6.45) is 0. The first-order valence-corrected chi connectivity index (χ1v) is 3.79. The molecule has 14 heavy (non-hydrogen) atoms. The van der Waals surface area contributed by atoms with E-state index in [0.29, 0.717) is 0 Å². The van der Waals surface area contributed by atoms with Gasteiger partial charge in [-0.2, -0.15) is 0 Å². The smallest absolute Gasteiger partial charge is 0.349 e. The number of nitro groups is 1. The number of rotatable bonds is 1. The summed E-state index contributed by atoms with van der Waals surface area (Å²) in [6.45, 7) is -0.214. The van der Waals surface area contributed by atoms with E-state index < -0.39 is 10.9 Å². The number of nitrogens with zero attached hydrogens (tertiary/aromatic N) is 1. The van der Waals surface area contributed by atoms with Gasteiger partial charge in [0.1, 0.15) is 0 Å². The fraction of sp³-hybridized carbons (Fsp3) is 0.125. The summed E-state index contributed by atoms with van der Waals surface area (Å²) in [7, 11) is 0. The quantitative estimate of drug-likeness (QED) is 0.288. The SMILES string of the molecule is O=C1COc2cc([N+](=O)[O-])ccc2O1. The average molecular weight is 195 g/mol. The molecule has 1 aromatic carbocycles. The number of benzene rings is 1. The maximum absolute atomic E-state index is 10.8. The van der Waals surface area contributed by atoms with Crippen LogP contribution in [0.2, 0.25) is 0 Å². The molecule has 72 valence electrons. The van der Waals surface area contributed by atoms with Crippen molar-refractivity contribution in [1.82, 2.24) is 0 Å². The van der Waals surface area contributed by atoms with Crippen LogP contribution in [0.25, 0.3) is 0 Å². The molecule has 1 aliphatic heterocycles. The molecule has 1 aliphatic rings. The summed E-state index contributed by atoms with van der Waals surface area (Å²) in [5.74, 6) is -0.0722. The van der Waals surface area contributed by atoms with Crippen LogP contribution in [0, 0.1) is 10.1 Å². The zero-order valence-corrected chi connectivity index (χ0v) is 6.93. The van der Waals surface area contributed by atoms with Crippen molar-refractivity contribution < 1.29 is 19.2 Å². The van der Waals surface area contributed by atoms with E-state index in [9.17, 15) is 14.9 Å². The number of carbonyl (C=O) groups excluding carboxylic acids is 1. The van der Waals surface area contributed by atoms with E-state index >= 15 is 0 Å². The number of hydrogen-bond donors (Lipinski definition) is 0. The molecule has 6 heteroatoms. The second-order valence-electron chi connectivity index (χ2n) is 2.65. The molecule has 0 unspecified atom stereocenters. The van der Waals surface area contributed by atoms with Crippen LogP contribution >= 0.6 is 0 Å². The summed E-state index contributed by atoms with van der Waals surface area (Å²) in [6, 6.07) is 3.81. The van der Waals surface area contributed by atoms with Gasteiger partial charge in [-0.25, -0.2) is 4.79 Å². The Morgan fingerprint density at radius 3 is 2.86 bits per heavy atom. The predicted molar refractivity (Wildman–Crippen MR) is 44.2 cm³/mol. The Kier molecular flexibility index (Phi) is 1.81. The van der Waals surface area contributed by atoms with Crippen LogP contribution in [-0.2, 0) is 4.79 Å². The van der Waals surface area contributed by atoms with Crippen LogP contribution in [0.15, 0.2) is 18.2 Å². The van der Waals surface area contributed by atoms with Gasteiger partial charge in [-0.15, -0.1) is 0 Å². The fourth-order valence-electron chi connectivity index (χ4n) is 1.10. The molecule has 0 radical (unpaired) electrons. The van der Waals surface area contributed by atoms with E-state index in [2.05, 4.69) is 0 Å². The topological polar surface area (TPSA) is 78.7 Å². The molecule has 1 heterocycles. The molecule has 0 saturated carbocycles.